The first kappa shape index (κ1) is 20.6. The number of halogens is 1. The van der Waals surface area contributed by atoms with E-state index >= 15 is 0 Å². The quantitative estimate of drug-likeness (QED) is 0.625. The number of urea groups is 1. The van der Waals surface area contributed by atoms with Crippen LogP contribution in [0, 0.1) is 0 Å². The predicted octanol–water partition coefficient (Wildman–Crippen LogP) is 3.42. The van der Waals surface area contributed by atoms with Crippen molar-refractivity contribution < 1.29 is 9.59 Å². The van der Waals surface area contributed by atoms with Gasteiger partial charge in [-0.3, -0.25) is 4.79 Å². The van der Waals surface area contributed by atoms with Gasteiger partial charge in [0.1, 0.15) is 11.0 Å². The van der Waals surface area contributed by atoms with E-state index in [4.69, 9.17) is 11.6 Å². The second-order valence-electron chi connectivity index (χ2n) is 7.07. The summed E-state index contributed by atoms with van der Waals surface area (Å²) in [6.45, 7) is 4.19. The molecular weight excluding hydrogens is 392 g/mol. The molecule has 0 bridgehead atoms. The summed E-state index contributed by atoms with van der Waals surface area (Å²) in [5.41, 5.74) is 2.66. The van der Waals surface area contributed by atoms with E-state index in [9.17, 15) is 9.59 Å². The molecule has 0 saturated heterocycles. The molecule has 2 N–H and O–H groups in total. The summed E-state index contributed by atoms with van der Waals surface area (Å²) in [6.07, 6.45) is 1.42. The molecule has 0 saturated carbocycles. The predicted molar refractivity (Wildman–Crippen MR) is 113 cm³/mol. The van der Waals surface area contributed by atoms with E-state index < -0.39 is 0 Å². The van der Waals surface area contributed by atoms with Crippen LogP contribution < -0.4 is 10.6 Å². The Morgan fingerprint density at radius 1 is 1.24 bits per heavy atom. The molecule has 3 amide bonds. The molecule has 1 aromatic carbocycles. The summed E-state index contributed by atoms with van der Waals surface area (Å²) in [5, 5.41) is 6.02. The van der Waals surface area contributed by atoms with E-state index in [-0.39, 0.29) is 18.0 Å². The van der Waals surface area contributed by atoms with Gasteiger partial charge in [-0.1, -0.05) is 11.6 Å². The molecule has 2 aromatic heterocycles. The number of rotatable bonds is 5. The number of pyridine rings is 1. The molecule has 3 rings (SSSR count). The Bertz CT molecular complexity index is 1050. The van der Waals surface area contributed by atoms with Crippen LogP contribution in [0.5, 0.6) is 0 Å². The molecule has 0 atom stereocenters. The average Bonchev–Trinajstić information content (AvgIpc) is 2.96. The van der Waals surface area contributed by atoms with Crippen molar-refractivity contribution in [3.63, 3.8) is 0 Å². The standard InChI is InChI=1S/C20H23ClN6O2/c1-12(2)23-20(29)26(3)11-18-25-15-9-14(6-7-16(15)27(18)4)24-19(28)13-5-8-17(21)22-10-13/h5-10,12H,11H2,1-4H3,(H,23,29)(H,24,28). The highest BCUT2D eigenvalue weighted by molar-refractivity contribution is 6.29. The van der Waals surface area contributed by atoms with Gasteiger partial charge in [-0.2, -0.15) is 0 Å². The molecule has 29 heavy (non-hydrogen) atoms. The fraction of sp³-hybridized carbons (Fsp3) is 0.300. The van der Waals surface area contributed by atoms with Crippen molar-refractivity contribution in [3.8, 4) is 0 Å². The molecule has 2 heterocycles. The van der Waals surface area contributed by atoms with Crippen molar-refractivity contribution in [2.75, 3.05) is 12.4 Å². The number of aryl methyl sites for hydroxylation is 1. The highest BCUT2D eigenvalue weighted by Gasteiger charge is 2.15. The van der Waals surface area contributed by atoms with Crippen molar-refractivity contribution >= 4 is 40.3 Å². The first-order valence-electron chi connectivity index (χ1n) is 9.14. The van der Waals surface area contributed by atoms with E-state index in [1.807, 2.05) is 37.6 Å². The Hall–Kier alpha value is -3.13. The third-order valence-electron chi connectivity index (χ3n) is 4.36. The summed E-state index contributed by atoms with van der Waals surface area (Å²) in [7, 11) is 3.62. The number of imidazole rings is 1. The minimum atomic E-state index is -0.283. The molecule has 3 aromatic rings. The molecule has 0 aliphatic rings. The van der Waals surface area contributed by atoms with Gasteiger partial charge in [0, 0.05) is 32.0 Å². The number of hydrogen-bond acceptors (Lipinski definition) is 4. The van der Waals surface area contributed by atoms with Crippen LogP contribution in [0.2, 0.25) is 5.15 Å². The third kappa shape index (κ3) is 4.83. The smallest absolute Gasteiger partial charge is 0.317 e. The SMILES string of the molecule is CC(C)NC(=O)N(C)Cc1nc2cc(NC(=O)c3ccc(Cl)nc3)ccc2n1C. The summed E-state index contributed by atoms with van der Waals surface area (Å²) >= 11 is 5.76. The molecule has 152 valence electrons. The van der Waals surface area contributed by atoms with Gasteiger partial charge in [0.05, 0.1) is 23.1 Å². The van der Waals surface area contributed by atoms with Crippen molar-refractivity contribution in [1.29, 1.82) is 0 Å². The van der Waals surface area contributed by atoms with Crippen molar-refractivity contribution in [1.82, 2.24) is 24.8 Å². The van der Waals surface area contributed by atoms with Gasteiger partial charge in [-0.15, -0.1) is 0 Å². The van der Waals surface area contributed by atoms with Crippen molar-refractivity contribution in [3.05, 3.63) is 53.1 Å². The number of amides is 3. The summed E-state index contributed by atoms with van der Waals surface area (Å²) in [4.78, 5) is 34.6. The fourth-order valence-electron chi connectivity index (χ4n) is 2.82. The molecular formula is C20H23ClN6O2. The highest BCUT2D eigenvalue weighted by atomic mass is 35.5. The Labute approximate surface area is 173 Å². The molecule has 0 aliphatic carbocycles. The first-order valence-corrected chi connectivity index (χ1v) is 9.52. The summed E-state index contributed by atoms with van der Waals surface area (Å²) < 4.78 is 1.93. The van der Waals surface area contributed by atoms with Crippen LogP contribution in [0.4, 0.5) is 10.5 Å². The van der Waals surface area contributed by atoms with E-state index in [2.05, 4.69) is 20.6 Å². The Morgan fingerprint density at radius 2 is 2.00 bits per heavy atom. The minimum absolute atomic E-state index is 0.0624. The maximum Gasteiger partial charge on any atom is 0.317 e. The van der Waals surface area contributed by atoms with Crippen LogP contribution in [-0.4, -0.2) is 44.5 Å². The lowest BCUT2D eigenvalue weighted by Crippen LogP contribution is -2.40. The molecule has 0 aliphatic heterocycles. The number of nitrogens with one attached hydrogen (secondary N) is 2. The number of aromatic nitrogens is 3. The number of fused-ring (bicyclic) bond motifs is 1. The lowest BCUT2D eigenvalue weighted by molar-refractivity contribution is 0.102. The van der Waals surface area contributed by atoms with Crippen molar-refractivity contribution in [2.24, 2.45) is 7.05 Å². The normalized spacial score (nSPS) is 11.0. The van der Waals surface area contributed by atoms with Gasteiger partial charge in [0.2, 0.25) is 0 Å². The van der Waals surface area contributed by atoms with Gasteiger partial charge >= 0.3 is 6.03 Å². The first-order chi connectivity index (χ1) is 13.7. The largest absolute Gasteiger partial charge is 0.336 e. The van der Waals surface area contributed by atoms with Gasteiger partial charge in [-0.25, -0.2) is 14.8 Å². The molecule has 8 nitrogen and oxygen atoms in total. The molecule has 9 heteroatoms. The Kier molecular flexibility index (Phi) is 6.03. The van der Waals surface area contributed by atoms with Crippen LogP contribution in [-0.2, 0) is 13.6 Å². The Morgan fingerprint density at radius 3 is 2.66 bits per heavy atom. The second kappa shape index (κ2) is 8.48. The van der Waals surface area contributed by atoms with Crippen molar-refractivity contribution in [2.45, 2.75) is 26.4 Å². The van der Waals surface area contributed by atoms with Crippen LogP contribution in [0.1, 0.15) is 30.0 Å². The number of carbonyl (C=O) groups is 2. The lowest BCUT2D eigenvalue weighted by Gasteiger charge is -2.19. The van der Waals surface area contributed by atoms with E-state index in [0.717, 1.165) is 16.9 Å². The number of benzene rings is 1. The lowest BCUT2D eigenvalue weighted by atomic mass is 10.2. The average molecular weight is 415 g/mol. The minimum Gasteiger partial charge on any atom is -0.336 e. The van der Waals surface area contributed by atoms with Crippen LogP contribution in [0.3, 0.4) is 0 Å². The zero-order valence-electron chi connectivity index (χ0n) is 16.7. The number of anilines is 1. The third-order valence-corrected chi connectivity index (χ3v) is 4.58. The molecule has 0 spiro atoms. The number of nitrogens with zero attached hydrogens (tertiary/aromatic N) is 4. The zero-order chi connectivity index (χ0) is 21.1. The van der Waals surface area contributed by atoms with Gasteiger partial charge in [0.15, 0.2) is 0 Å². The van der Waals surface area contributed by atoms with Gasteiger partial charge in [0.25, 0.3) is 5.91 Å². The topological polar surface area (TPSA) is 92.2 Å². The molecule has 0 unspecified atom stereocenters. The van der Waals surface area contributed by atoms with Crippen LogP contribution >= 0.6 is 11.6 Å². The fourth-order valence-corrected chi connectivity index (χ4v) is 2.94. The molecule has 0 fully saturated rings. The Balaban J connectivity index is 1.77. The van der Waals surface area contributed by atoms with Crippen LogP contribution in [0.25, 0.3) is 11.0 Å². The highest BCUT2D eigenvalue weighted by Crippen LogP contribution is 2.21. The number of carbonyl (C=O) groups excluding carboxylic acids is 2. The van der Waals surface area contributed by atoms with E-state index in [0.29, 0.717) is 22.9 Å². The van der Waals surface area contributed by atoms with E-state index in [1.54, 1.807) is 30.1 Å². The summed E-state index contributed by atoms with van der Waals surface area (Å²) in [5.74, 6) is 0.460. The van der Waals surface area contributed by atoms with Gasteiger partial charge < -0.3 is 20.1 Å². The maximum atomic E-state index is 12.4. The molecule has 0 radical (unpaired) electrons. The zero-order valence-corrected chi connectivity index (χ0v) is 17.5. The maximum absolute atomic E-state index is 12.4. The summed E-state index contributed by atoms with van der Waals surface area (Å²) in [6, 6.07) is 8.58. The number of hydrogen-bond donors (Lipinski definition) is 2. The second-order valence-corrected chi connectivity index (χ2v) is 7.46. The van der Waals surface area contributed by atoms with E-state index in [1.165, 1.54) is 6.20 Å². The van der Waals surface area contributed by atoms with Crippen LogP contribution in [0.15, 0.2) is 36.5 Å². The monoisotopic (exact) mass is 414 g/mol. The van der Waals surface area contributed by atoms with Gasteiger partial charge in [-0.05, 0) is 44.2 Å².